The van der Waals surface area contributed by atoms with E-state index in [1.54, 1.807) is 12.1 Å². The number of rotatable bonds is 5. The normalized spacial score (nSPS) is 11.0. The Balaban J connectivity index is 0.000000231. The number of aryl methyl sites for hydroxylation is 1. The first kappa shape index (κ1) is 19.4. The van der Waals surface area contributed by atoms with Gasteiger partial charge in [0.15, 0.2) is 0 Å². The molecule has 126 valence electrons. The summed E-state index contributed by atoms with van der Waals surface area (Å²) in [5, 5.41) is 0. The second-order valence-corrected chi connectivity index (χ2v) is 6.66. The molecule has 2 aromatic carbocycles. The van der Waals surface area contributed by atoms with E-state index in [1.807, 2.05) is 6.92 Å². The van der Waals surface area contributed by atoms with Crippen molar-refractivity contribution in [1.82, 2.24) is 4.90 Å². The summed E-state index contributed by atoms with van der Waals surface area (Å²) >= 11 is 0. The zero-order valence-corrected chi connectivity index (χ0v) is 14.8. The second kappa shape index (κ2) is 9.45. The summed E-state index contributed by atoms with van der Waals surface area (Å²) in [5.41, 5.74) is 2.36. The van der Waals surface area contributed by atoms with Crippen molar-refractivity contribution in [2.24, 2.45) is 0 Å². The molecule has 5 heteroatoms. The Bertz CT molecular complexity index is 663. The van der Waals surface area contributed by atoms with E-state index in [1.165, 1.54) is 17.7 Å². The summed E-state index contributed by atoms with van der Waals surface area (Å²) in [6.07, 6.45) is 0. The standard InChI is InChI=1S/C11H17N.C7H8O3S/c1-3-12(4-2)10-11-8-6-5-7-9-11;1-6-2-4-7(5-3-6)11(8,9)10/h5-9H,3-4,10H2,1-2H3;2-5H,1H3,(H,8,9,10). The van der Waals surface area contributed by atoms with Gasteiger partial charge >= 0.3 is 0 Å². The van der Waals surface area contributed by atoms with Crippen LogP contribution in [0.1, 0.15) is 25.0 Å². The van der Waals surface area contributed by atoms with Crippen LogP contribution in [-0.2, 0) is 16.7 Å². The fraction of sp³-hybridized carbons (Fsp3) is 0.333. The lowest BCUT2D eigenvalue weighted by Crippen LogP contribution is -2.21. The minimum Gasteiger partial charge on any atom is -0.300 e. The van der Waals surface area contributed by atoms with Crippen LogP contribution in [-0.4, -0.2) is 31.0 Å². The Morgan fingerprint density at radius 2 is 1.43 bits per heavy atom. The zero-order chi connectivity index (χ0) is 17.3. The smallest absolute Gasteiger partial charge is 0.294 e. The van der Waals surface area contributed by atoms with Gasteiger partial charge in [-0.05, 0) is 37.7 Å². The van der Waals surface area contributed by atoms with Crippen LogP contribution in [0.2, 0.25) is 0 Å². The zero-order valence-electron chi connectivity index (χ0n) is 13.9. The van der Waals surface area contributed by atoms with E-state index in [2.05, 4.69) is 49.1 Å². The van der Waals surface area contributed by atoms with E-state index >= 15 is 0 Å². The van der Waals surface area contributed by atoms with Gasteiger partial charge in [0.05, 0.1) is 4.90 Å². The van der Waals surface area contributed by atoms with Crippen LogP contribution >= 0.6 is 0 Å². The van der Waals surface area contributed by atoms with Gasteiger partial charge in [-0.2, -0.15) is 8.42 Å². The summed E-state index contributed by atoms with van der Waals surface area (Å²) < 4.78 is 29.6. The predicted molar refractivity (Wildman–Crippen MR) is 94.1 cm³/mol. The lowest BCUT2D eigenvalue weighted by atomic mass is 10.2. The number of hydrogen-bond donors (Lipinski definition) is 1. The summed E-state index contributed by atoms with van der Waals surface area (Å²) in [4.78, 5) is 2.35. The number of nitrogens with zero attached hydrogens (tertiary/aromatic N) is 1. The average molecular weight is 335 g/mol. The maximum atomic E-state index is 10.5. The minimum absolute atomic E-state index is 0.0666. The van der Waals surface area contributed by atoms with Gasteiger partial charge in [-0.15, -0.1) is 0 Å². The van der Waals surface area contributed by atoms with E-state index in [0.29, 0.717) is 0 Å². The van der Waals surface area contributed by atoms with E-state index in [0.717, 1.165) is 25.2 Å². The summed E-state index contributed by atoms with van der Waals surface area (Å²) in [6, 6.07) is 16.6. The van der Waals surface area contributed by atoms with Gasteiger partial charge in [0, 0.05) is 6.54 Å². The van der Waals surface area contributed by atoms with Crippen LogP contribution in [0.5, 0.6) is 0 Å². The average Bonchev–Trinajstić information content (AvgIpc) is 2.54. The molecule has 0 aliphatic rings. The van der Waals surface area contributed by atoms with Crippen molar-refractivity contribution in [1.29, 1.82) is 0 Å². The summed E-state index contributed by atoms with van der Waals surface area (Å²) in [5.74, 6) is 0. The topological polar surface area (TPSA) is 57.6 Å². The van der Waals surface area contributed by atoms with Crippen LogP contribution in [0.4, 0.5) is 0 Å². The van der Waals surface area contributed by atoms with Crippen LogP contribution in [0.25, 0.3) is 0 Å². The number of hydrogen-bond acceptors (Lipinski definition) is 3. The molecule has 0 saturated heterocycles. The molecule has 23 heavy (non-hydrogen) atoms. The molecule has 0 aliphatic carbocycles. The maximum absolute atomic E-state index is 10.5. The first-order valence-corrected chi connectivity index (χ1v) is 9.11. The quantitative estimate of drug-likeness (QED) is 0.845. The molecule has 2 rings (SSSR count). The molecule has 1 N–H and O–H groups in total. The second-order valence-electron chi connectivity index (χ2n) is 5.24. The molecule has 0 amide bonds. The lowest BCUT2D eigenvalue weighted by Gasteiger charge is -2.17. The SMILES string of the molecule is CCN(CC)Cc1ccccc1.Cc1ccc(S(=O)(=O)O)cc1. The Kier molecular flexibility index (Phi) is 7.95. The third kappa shape index (κ3) is 7.41. The third-order valence-corrected chi connectivity index (χ3v) is 4.33. The summed E-state index contributed by atoms with van der Waals surface area (Å²) in [7, 11) is -4.02. The Morgan fingerprint density at radius 3 is 1.87 bits per heavy atom. The van der Waals surface area contributed by atoms with Crippen molar-refractivity contribution in [3.63, 3.8) is 0 Å². The Hall–Kier alpha value is -1.69. The molecule has 0 heterocycles. The Morgan fingerprint density at radius 1 is 0.913 bits per heavy atom. The highest BCUT2D eigenvalue weighted by atomic mass is 32.2. The lowest BCUT2D eigenvalue weighted by molar-refractivity contribution is 0.296. The highest BCUT2D eigenvalue weighted by Crippen LogP contribution is 2.08. The molecule has 0 saturated carbocycles. The molecule has 4 nitrogen and oxygen atoms in total. The molecule has 0 spiro atoms. The predicted octanol–water partition coefficient (Wildman–Crippen LogP) is 3.77. The fourth-order valence-corrected chi connectivity index (χ4v) is 2.48. The largest absolute Gasteiger partial charge is 0.300 e. The number of benzene rings is 2. The van der Waals surface area contributed by atoms with E-state index < -0.39 is 10.1 Å². The third-order valence-electron chi connectivity index (χ3n) is 3.46. The first-order chi connectivity index (χ1) is 10.9. The van der Waals surface area contributed by atoms with Gasteiger partial charge in [0.25, 0.3) is 10.1 Å². The van der Waals surface area contributed by atoms with Crippen molar-refractivity contribution in [2.75, 3.05) is 13.1 Å². The van der Waals surface area contributed by atoms with Gasteiger partial charge in [-0.3, -0.25) is 9.45 Å². The molecule has 0 radical (unpaired) electrons. The molecular weight excluding hydrogens is 310 g/mol. The highest BCUT2D eigenvalue weighted by Gasteiger charge is 2.06. The van der Waals surface area contributed by atoms with Gasteiger partial charge in [0.2, 0.25) is 0 Å². The molecule has 0 aromatic heterocycles. The molecule has 0 unspecified atom stereocenters. The summed E-state index contributed by atoms with van der Waals surface area (Å²) in [6.45, 7) is 9.58. The molecule has 0 bridgehead atoms. The fourth-order valence-electron chi connectivity index (χ4n) is 2.00. The monoisotopic (exact) mass is 335 g/mol. The molecule has 0 aliphatic heterocycles. The minimum atomic E-state index is -4.02. The van der Waals surface area contributed by atoms with Crippen LogP contribution in [0.3, 0.4) is 0 Å². The molecular formula is C18H25NO3S. The van der Waals surface area contributed by atoms with E-state index in [9.17, 15) is 8.42 Å². The molecule has 0 fully saturated rings. The van der Waals surface area contributed by atoms with Gasteiger partial charge < -0.3 is 0 Å². The van der Waals surface area contributed by atoms with Crippen molar-refractivity contribution >= 4 is 10.1 Å². The van der Waals surface area contributed by atoms with Crippen LogP contribution < -0.4 is 0 Å². The van der Waals surface area contributed by atoms with Crippen molar-refractivity contribution < 1.29 is 13.0 Å². The van der Waals surface area contributed by atoms with Gasteiger partial charge in [-0.25, -0.2) is 0 Å². The van der Waals surface area contributed by atoms with E-state index in [4.69, 9.17) is 4.55 Å². The van der Waals surface area contributed by atoms with Crippen molar-refractivity contribution in [2.45, 2.75) is 32.2 Å². The van der Waals surface area contributed by atoms with Crippen LogP contribution in [0.15, 0.2) is 59.5 Å². The molecule has 2 aromatic rings. The maximum Gasteiger partial charge on any atom is 0.294 e. The van der Waals surface area contributed by atoms with Gasteiger partial charge in [0.1, 0.15) is 0 Å². The van der Waals surface area contributed by atoms with E-state index in [-0.39, 0.29) is 4.90 Å². The van der Waals surface area contributed by atoms with Crippen molar-refractivity contribution in [3.05, 3.63) is 65.7 Å². The van der Waals surface area contributed by atoms with Gasteiger partial charge in [-0.1, -0.05) is 61.9 Å². The van der Waals surface area contributed by atoms with Crippen molar-refractivity contribution in [3.8, 4) is 0 Å². The first-order valence-electron chi connectivity index (χ1n) is 7.67. The van der Waals surface area contributed by atoms with Crippen LogP contribution in [0, 0.1) is 6.92 Å². The highest BCUT2D eigenvalue weighted by molar-refractivity contribution is 7.85. The molecule has 0 atom stereocenters. The Labute approximate surface area is 139 Å².